The average Bonchev–Trinajstić information content (AvgIpc) is 2.29. The fourth-order valence-electron chi connectivity index (χ4n) is 1.41. The van der Waals surface area contributed by atoms with Crippen LogP contribution < -0.4 is 5.73 Å². The molecule has 0 aromatic heterocycles. The summed E-state index contributed by atoms with van der Waals surface area (Å²) in [6.07, 6.45) is -0.360. The lowest BCUT2D eigenvalue weighted by Gasteiger charge is -2.16. The van der Waals surface area contributed by atoms with Crippen LogP contribution in [0, 0.1) is 5.41 Å². The van der Waals surface area contributed by atoms with Crippen LogP contribution in [0.15, 0.2) is 24.3 Å². The third-order valence-electron chi connectivity index (χ3n) is 2.24. The first-order valence-electron chi connectivity index (χ1n) is 5.35. The van der Waals surface area contributed by atoms with Crippen molar-refractivity contribution in [1.29, 1.82) is 5.41 Å². The van der Waals surface area contributed by atoms with Crippen molar-refractivity contribution in [3.63, 3.8) is 0 Å². The van der Waals surface area contributed by atoms with E-state index in [1.807, 2.05) is 12.1 Å². The standard InChI is InChI=1S/C12H17N3O2/c1-3-17-12(16)15(2)8-9-5-4-6-10(7-9)11(13)14/h4-7H,3,8H2,1-2H3,(H3,13,14). The number of hydrogen-bond donors (Lipinski definition) is 2. The van der Waals surface area contributed by atoms with Gasteiger partial charge in [-0.15, -0.1) is 0 Å². The fourth-order valence-corrected chi connectivity index (χ4v) is 1.41. The lowest BCUT2D eigenvalue weighted by Crippen LogP contribution is -2.27. The molecule has 0 saturated carbocycles. The van der Waals surface area contributed by atoms with Gasteiger partial charge >= 0.3 is 6.09 Å². The number of carbonyl (C=O) groups excluding carboxylic acids is 1. The van der Waals surface area contributed by atoms with Crippen molar-refractivity contribution in [2.45, 2.75) is 13.5 Å². The van der Waals surface area contributed by atoms with E-state index in [2.05, 4.69) is 0 Å². The van der Waals surface area contributed by atoms with Gasteiger partial charge in [-0.1, -0.05) is 18.2 Å². The highest BCUT2D eigenvalue weighted by molar-refractivity contribution is 5.95. The smallest absolute Gasteiger partial charge is 0.409 e. The molecule has 0 atom stereocenters. The zero-order valence-corrected chi connectivity index (χ0v) is 10.1. The molecule has 3 N–H and O–H groups in total. The highest BCUT2D eigenvalue weighted by atomic mass is 16.5. The van der Waals surface area contributed by atoms with Gasteiger partial charge in [0.2, 0.25) is 0 Å². The minimum atomic E-state index is -0.360. The minimum absolute atomic E-state index is 0.0191. The van der Waals surface area contributed by atoms with Crippen molar-refractivity contribution >= 4 is 11.9 Å². The number of nitrogens with zero attached hydrogens (tertiary/aromatic N) is 1. The van der Waals surface area contributed by atoms with Crippen molar-refractivity contribution in [3.8, 4) is 0 Å². The number of benzene rings is 1. The highest BCUT2D eigenvalue weighted by Gasteiger charge is 2.09. The largest absolute Gasteiger partial charge is 0.450 e. The van der Waals surface area contributed by atoms with E-state index in [0.717, 1.165) is 5.56 Å². The third-order valence-corrected chi connectivity index (χ3v) is 2.24. The maximum absolute atomic E-state index is 11.4. The number of nitrogen functional groups attached to an aromatic ring is 1. The molecule has 0 unspecified atom stereocenters. The molecule has 0 aliphatic heterocycles. The Balaban J connectivity index is 2.71. The lowest BCUT2D eigenvalue weighted by atomic mass is 10.1. The molecular weight excluding hydrogens is 218 g/mol. The molecule has 1 aromatic carbocycles. The van der Waals surface area contributed by atoms with Crippen molar-refractivity contribution < 1.29 is 9.53 Å². The number of nitrogens with two attached hydrogens (primary N) is 1. The van der Waals surface area contributed by atoms with Gasteiger partial charge in [0, 0.05) is 19.2 Å². The maximum Gasteiger partial charge on any atom is 0.409 e. The summed E-state index contributed by atoms with van der Waals surface area (Å²) in [5.74, 6) is 0.0191. The fraction of sp³-hybridized carbons (Fsp3) is 0.333. The van der Waals surface area contributed by atoms with Crippen LogP contribution in [0.25, 0.3) is 0 Å². The highest BCUT2D eigenvalue weighted by Crippen LogP contribution is 2.08. The molecule has 0 aliphatic rings. The third kappa shape index (κ3) is 3.79. The molecule has 1 aromatic rings. The van der Waals surface area contributed by atoms with E-state index in [0.29, 0.717) is 18.7 Å². The number of rotatable bonds is 4. The van der Waals surface area contributed by atoms with Crippen LogP contribution in [0.4, 0.5) is 4.79 Å². The SMILES string of the molecule is CCOC(=O)N(C)Cc1cccc(C(=N)N)c1. The van der Waals surface area contributed by atoms with Gasteiger partial charge in [0.15, 0.2) is 0 Å². The number of nitrogens with one attached hydrogen (secondary N) is 1. The Kier molecular flexibility index (Phi) is 4.51. The molecule has 17 heavy (non-hydrogen) atoms. The van der Waals surface area contributed by atoms with Gasteiger partial charge in [-0.05, 0) is 18.6 Å². The van der Waals surface area contributed by atoms with Gasteiger partial charge in [0.05, 0.1) is 6.61 Å². The number of amides is 1. The molecule has 5 nitrogen and oxygen atoms in total. The minimum Gasteiger partial charge on any atom is -0.450 e. The summed E-state index contributed by atoms with van der Waals surface area (Å²) < 4.78 is 4.87. The molecule has 0 saturated heterocycles. The van der Waals surface area contributed by atoms with Gasteiger partial charge in [0.1, 0.15) is 5.84 Å². The van der Waals surface area contributed by atoms with Gasteiger partial charge in [-0.3, -0.25) is 5.41 Å². The molecule has 0 radical (unpaired) electrons. The molecule has 0 aliphatic carbocycles. The van der Waals surface area contributed by atoms with E-state index in [4.69, 9.17) is 15.9 Å². The maximum atomic E-state index is 11.4. The van der Waals surface area contributed by atoms with Crippen molar-refractivity contribution in [3.05, 3.63) is 35.4 Å². The zero-order valence-electron chi connectivity index (χ0n) is 10.1. The number of carbonyl (C=O) groups is 1. The topological polar surface area (TPSA) is 79.4 Å². The summed E-state index contributed by atoms with van der Waals surface area (Å²) in [7, 11) is 1.67. The molecule has 0 fully saturated rings. The monoisotopic (exact) mass is 235 g/mol. The van der Waals surface area contributed by atoms with Gasteiger partial charge < -0.3 is 15.4 Å². The van der Waals surface area contributed by atoms with Crippen LogP contribution in [0.5, 0.6) is 0 Å². The predicted molar refractivity (Wildman–Crippen MR) is 65.9 cm³/mol. The lowest BCUT2D eigenvalue weighted by molar-refractivity contribution is 0.114. The Labute approximate surface area is 101 Å². The second kappa shape index (κ2) is 5.89. The molecule has 1 amide bonds. The Bertz CT molecular complexity index is 418. The Morgan fingerprint density at radius 1 is 1.53 bits per heavy atom. The van der Waals surface area contributed by atoms with Gasteiger partial charge in [-0.2, -0.15) is 0 Å². The number of hydrogen-bond acceptors (Lipinski definition) is 3. The Morgan fingerprint density at radius 3 is 2.82 bits per heavy atom. The van der Waals surface area contributed by atoms with Crippen LogP contribution in [0.1, 0.15) is 18.1 Å². The molecule has 0 heterocycles. The Morgan fingerprint density at radius 2 is 2.24 bits per heavy atom. The molecule has 1 rings (SSSR count). The molecule has 5 heteroatoms. The second-order valence-corrected chi connectivity index (χ2v) is 3.67. The van der Waals surface area contributed by atoms with Crippen LogP contribution in [-0.2, 0) is 11.3 Å². The van der Waals surface area contributed by atoms with E-state index in [1.165, 1.54) is 4.90 Å². The second-order valence-electron chi connectivity index (χ2n) is 3.67. The van der Waals surface area contributed by atoms with Crippen LogP contribution in [0.2, 0.25) is 0 Å². The summed E-state index contributed by atoms with van der Waals surface area (Å²) in [6, 6.07) is 7.24. The molecule has 0 spiro atoms. The predicted octanol–water partition coefficient (Wildman–Crippen LogP) is 1.56. The van der Waals surface area contributed by atoms with E-state index in [-0.39, 0.29) is 11.9 Å². The van der Waals surface area contributed by atoms with Gasteiger partial charge in [0.25, 0.3) is 0 Å². The summed E-state index contributed by atoms with van der Waals surface area (Å²) in [6.45, 7) is 2.55. The number of amidine groups is 1. The van der Waals surface area contributed by atoms with Gasteiger partial charge in [-0.25, -0.2) is 4.79 Å². The normalized spacial score (nSPS) is 9.76. The van der Waals surface area contributed by atoms with E-state index in [1.54, 1.807) is 26.1 Å². The first-order valence-corrected chi connectivity index (χ1v) is 5.35. The molecular formula is C12H17N3O2. The zero-order chi connectivity index (χ0) is 12.8. The average molecular weight is 235 g/mol. The van der Waals surface area contributed by atoms with Crippen molar-refractivity contribution in [1.82, 2.24) is 4.90 Å². The van der Waals surface area contributed by atoms with Crippen LogP contribution >= 0.6 is 0 Å². The van der Waals surface area contributed by atoms with E-state index < -0.39 is 0 Å². The Hall–Kier alpha value is -2.04. The summed E-state index contributed by atoms with van der Waals surface area (Å²) in [5, 5.41) is 7.34. The molecule has 92 valence electrons. The first-order chi connectivity index (χ1) is 8.04. The summed E-state index contributed by atoms with van der Waals surface area (Å²) in [4.78, 5) is 12.9. The quantitative estimate of drug-likeness (QED) is 0.614. The van der Waals surface area contributed by atoms with E-state index >= 15 is 0 Å². The van der Waals surface area contributed by atoms with Crippen molar-refractivity contribution in [2.75, 3.05) is 13.7 Å². The van der Waals surface area contributed by atoms with E-state index in [9.17, 15) is 4.79 Å². The number of ether oxygens (including phenoxy) is 1. The van der Waals surface area contributed by atoms with Crippen LogP contribution in [-0.4, -0.2) is 30.5 Å². The molecule has 0 bridgehead atoms. The van der Waals surface area contributed by atoms with Crippen LogP contribution in [0.3, 0.4) is 0 Å². The summed E-state index contributed by atoms with van der Waals surface area (Å²) in [5.41, 5.74) is 6.96. The first kappa shape index (κ1) is 13.0. The van der Waals surface area contributed by atoms with Crippen molar-refractivity contribution in [2.24, 2.45) is 5.73 Å². The summed E-state index contributed by atoms with van der Waals surface area (Å²) >= 11 is 0.